The molecule has 0 aromatic carbocycles. The Balaban J connectivity index is 2.22. The quantitative estimate of drug-likeness (QED) is 0.439. The molecule has 0 atom stereocenters. The smallest absolute Gasteiger partial charge is 0.0202 e. The molecular weight excluding hydrogens is 278 g/mol. The van der Waals surface area contributed by atoms with Gasteiger partial charge in [0.15, 0.2) is 0 Å². The van der Waals surface area contributed by atoms with Crippen molar-refractivity contribution in [2.24, 2.45) is 5.73 Å². The molecular formula is C17H37N3S. The average Bonchev–Trinajstić information content (AvgIpc) is 2.49. The van der Waals surface area contributed by atoms with Gasteiger partial charge in [0, 0.05) is 18.3 Å². The summed E-state index contributed by atoms with van der Waals surface area (Å²) in [6.07, 6.45) is 13.7. The van der Waals surface area contributed by atoms with E-state index in [1.807, 2.05) is 0 Å². The first-order valence-corrected chi connectivity index (χ1v) is 9.92. The van der Waals surface area contributed by atoms with Crippen LogP contribution in [0.2, 0.25) is 0 Å². The minimum absolute atomic E-state index is 0.843. The average molecular weight is 316 g/mol. The Bertz CT molecular complexity index is 230. The molecule has 0 unspecified atom stereocenters. The molecule has 0 saturated heterocycles. The van der Waals surface area contributed by atoms with E-state index in [1.54, 1.807) is 0 Å². The number of nitrogens with zero attached hydrogens (tertiary/aromatic N) is 2. The second kappa shape index (κ2) is 12.7. The van der Waals surface area contributed by atoms with Crippen LogP contribution in [0.3, 0.4) is 0 Å². The Morgan fingerprint density at radius 3 is 2.29 bits per heavy atom. The van der Waals surface area contributed by atoms with Crippen LogP contribution in [0.1, 0.15) is 64.2 Å². The van der Waals surface area contributed by atoms with Gasteiger partial charge in [-0.3, -0.25) is 0 Å². The Hall–Kier alpha value is 0.230. The van der Waals surface area contributed by atoms with Crippen molar-refractivity contribution in [1.29, 1.82) is 0 Å². The zero-order valence-electron chi connectivity index (χ0n) is 14.4. The largest absolute Gasteiger partial charge is 0.330 e. The predicted molar refractivity (Wildman–Crippen MR) is 96.7 cm³/mol. The summed E-state index contributed by atoms with van der Waals surface area (Å²) in [5.41, 5.74) is 5.55. The predicted octanol–water partition coefficient (Wildman–Crippen LogP) is 3.74. The van der Waals surface area contributed by atoms with E-state index in [-0.39, 0.29) is 0 Å². The molecule has 1 aliphatic carbocycles. The van der Waals surface area contributed by atoms with Gasteiger partial charge >= 0.3 is 0 Å². The van der Waals surface area contributed by atoms with Gasteiger partial charge in [0.1, 0.15) is 0 Å². The van der Waals surface area contributed by atoms with Crippen LogP contribution in [0.15, 0.2) is 0 Å². The van der Waals surface area contributed by atoms with E-state index in [0.717, 1.165) is 12.6 Å². The number of hydrogen-bond acceptors (Lipinski definition) is 4. The lowest BCUT2D eigenvalue weighted by Gasteiger charge is -2.33. The highest BCUT2D eigenvalue weighted by molar-refractivity contribution is 7.97. The van der Waals surface area contributed by atoms with Crippen molar-refractivity contribution in [2.75, 3.05) is 39.5 Å². The van der Waals surface area contributed by atoms with Gasteiger partial charge in [-0.15, -0.1) is 0 Å². The van der Waals surface area contributed by atoms with Crippen LogP contribution < -0.4 is 5.73 Å². The van der Waals surface area contributed by atoms with E-state index in [4.69, 9.17) is 5.73 Å². The molecule has 2 N–H and O–H groups in total. The maximum absolute atomic E-state index is 5.55. The summed E-state index contributed by atoms with van der Waals surface area (Å²) in [6.45, 7) is 3.32. The first-order valence-electron chi connectivity index (χ1n) is 8.98. The van der Waals surface area contributed by atoms with Crippen LogP contribution in [-0.4, -0.2) is 54.7 Å². The first kappa shape index (κ1) is 19.3. The van der Waals surface area contributed by atoms with Crippen molar-refractivity contribution in [3.8, 4) is 0 Å². The van der Waals surface area contributed by atoms with Crippen molar-refractivity contribution < 1.29 is 0 Å². The van der Waals surface area contributed by atoms with E-state index in [1.165, 1.54) is 83.1 Å². The molecule has 0 spiro atoms. The van der Waals surface area contributed by atoms with Crippen LogP contribution in [0.5, 0.6) is 0 Å². The number of unbranched alkanes of at least 4 members (excludes halogenated alkanes) is 3. The molecule has 0 aromatic heterocycles. The summed E-state index contributed by atoms with van der Waals surface area (Å²) in [7, 11) is 4.35. The molecule has 0 aliphatic heterocycles. The minimum Gasteiger partial charge on any atom is -0.330 e. The summed E-state index contributed by atoms with van der Waals surface area (Å²) in [5, 5.41) is 0. The second-order valence-electron chi connectivity index (χ2n) is 6.63. The fourth-order valence-corrected chi connectivity index (χ4v) is 4.29. The molecule has 1 fully saturated rings. The van der Waals surface area contributed by atoms with Crippen molar-refractivity contribution in [2.45, 2.75) is 70.3 Å². The van der Waals surface area contributed by atoms with Gasteiger partial charge in [-0.1, -0.05) is 44.1 Å². The molecule has 1 saturated carbocycles. The molecule has 126 valence electrons. The monoisotopic (exact) mass is 315 g/mol. The molecule has 0 amide bonds. The second-order valence-corrected chi connectivity index (χ2v) is 7.76. The molecule has 0 heterocycles. The first-order chi connectivity index (χ1) is 10.2. The molecule has 0 aromatic rings. The number of rotatable bonds is 12. The summed E-state index contributed by atoms with van der Waals surface area (Å²) in [5.74, 6) is 1.29. The Morgan fingerprint density at radius 2 is 1.62 bits per heavy atom. The van der Waals surface area contributed by atoms with Crippen molar-refractivity contribution in [3.63, 3.8) is 0 Å². The molecule has 4 heteroatoms. The standard InChI is InChI=1S/C17H37N3S/c1-19(2)14-10-15-20(17-11-6-5-7-12-17)21-16-9-4-3-8-13-18/h17H,3-16,18H2,1-2H3. The zero-order chi connectivity index (χ0) is 15.3. The summed E-state index contributed by atoms with van der Waals surface area (Å²) in [6, 6.07) is 0.843. The zero-order valence-corrected chi connectivity index (χ0v) is 15.2. The third-order valence-electron chi connectivity index (χ3n) is 4.32. The van der Waals surface area contributed by atoms with Gasteiger partial charge in [0.2, 0.25) is 0 Å². The van der Waals surface area contributed by atoms with Crippen LogP contribution in [0.25, 0.3) is 0 Å². The van der Waals surface area contributed by atoms with Gasteiger partial charge in [-0.25, -0.2) is 4.31 Å². The molecule has 1 aliphatic rings. The van der Waals surface area contributed by atoms with Gasteiger partial charge in [0.05, 0.1) is 0 Å². The topological polar surface area (TPSA) is 32.5 Å². The summed E-state index contributed by atoms with van der Waals surface area (Å²) >= 11 is 2.12. The third kappa shape index (κ3) is 9.77. The summed E-state index contributed by atoms with van der Waals surface area (Å²) < 4.78 is 2.73. The lowest BCUT2D eigenvalue weighted by Crippen LogP contribution is -2.33. The lowest BCUT2D eigenvalue weighted by atomic mass is 9.95. The normalized spacial score (nSPS) is 17.0. The van der Waals surface area contributed by atoms with Crippen LogP contribution in [-0.2, 0) is 0 Å². The van der Waals surface area contributed by atoms with Crippen LogP contribution >= 0.6 is 11.9 Å². The van der Waals surface area contributed by atoms with Gasteiger partial charge in [-0.2, -0.15) is 0 Å². The van der Waals surface area contributed by atoms with E-state index >= 15 is 0 Å². The van der Waals surface area contributed by atoms with E-state index in [9.17, 15) is 0 Å². The van der Waals surface area contributed by atoms with E-state index in [2.05, 4.69) is 35.2 Å². The molecule has 21 heavy (non-hydrogen) atoms. The Kier molecular flexibility index (Phi) is 11.7. The summed E-state index contributed by atoms with van der Waals surface area (Å²) in [4.78, 5) is 2.30. The van der Waals surface area contributed by atoms with Crippen LogP contribution in [0, 0.1) is 0 Å². The SMILES string of the molecule is CN(C)CCCN(SCCCCCCN)C1CCCCC1. The van der Waals surface area contributed by atoms with Gasteiger partial charge < -0.3 is 10.6 Å². The Morgan fingerprint density at radius 1 is 0.905 bits per heavy atom. The van der Waals surface area contributed by atoms with Gasteiger partial charge in [-0.05, 0) is 59.3 Å². The van der Waals surface area contributed by atoms with Crippen LogP contribution in [0.4, 0.5) is 0 Å². The van der Waals surface area contributed by atoms with Crippen molar-refractivity contribution >= 4 is 11.9 Å². The molecule has 0 radical (unpaired) electrons. The third-order valence-corrected chi connectivity index (χ3v) is 5.60. The molecule has 3 nitrogen and oxygen atoms in total. The fourth-order valence-electron chi connectivity index (χ4n) is 3.05. The Labute approximate surface area is 137 Å². The fraction of sp³-hybridized carbons (Fsp3) is 1.00. The van der Waals surface area contributed by atoms with E-state index < -0.39 is 0 Å². The highest BCUT2D eigenvalue weighted by Crippen LogP contribution is 2.28. The highest BCUT2D eigenvalue weighted by atomic mass is 32.2. The number of hydrogen-bond donors (Lipinski definition) is 1. The highest BCUT2D eigenvalue weighted by Gasteiger charge is 2.21. The van der Waals surface area contributed by atoms with E-state index in [0.29, 0.717) is 0 Å². The maximum atomic E-state index is 5.55. The maximum Gasteiger partial charge on any atom is 0.0202 e. The number of nitrogens with two attached hydrogens (primary N) is 1. The minimum atomic E-state index is 0.843. The lowest BCUT2D eigenvalue weighted by molar-refractivity contribution is 0.260. The van der Waals surface area contributed by atoms with Gasteiger partial charge in [0.25, 0.3) is 0 Å². The molecule has 0 bridgehead atoms. The van der Waals surface area contributed by atoms with Crippen molar-refractivity contribution in [1.82, 2.24) is 9.21 Å². The van der Waals surface area contributed by atoms with Crippen molar-refractivity contribution in [3.05, 3.63) is 0 Å². The molecule has 1 rings (SSSR count).